The summed E-state index contributed by atoms with van der Waals surface area (Å²) in [6.45, 7) is 1.52. The minimum atomic E-state index is -0.367. The largest absolute Gasteiger partial charge is 0.454 e. The van der Waals surface area contributed by atoms with E-state index in [-0.39, 0.29) is 18.5 Å². The Hall–Kier alpha value is -3.87. The molecule has 0 fully saturated rings. The highest BCUT2D eigenvalue weighted by Gasteiger charge is 2.19. The smallest absolute Gasteiger partial charge is 0.248 e. The lowest BCUT2D eigenvalue weighted by Crippen LogP contribution is -2.11. The Balaban J connectivity index is 1.49. The lowest BCUT2D eigenvalue weighted by atomic mass is 10.1. The fourth-order valence-electron chi connectivity index (χ4n) is 2.83. The molecule has 1 aliphatic rings. The van der Waals surface area contributed by atoms with Gasteiger partial charge in [0.2, 0.25) is 12.7 Å². The summed E-state index contributed by atoms with van der Waals surface area (Å²) in [5, 5.41) is 7.00. The highest BCUT2D eigenvalue weighted by molar-refractivity contribution is 6.08. The molecular weight excluding hydrogens is 358 g/mol. The molecule has 0 atom stereocenters. The molecular formula is C21H17N3O4. The molecule has 0 saturated carbocycles. The molecule has 0 aliphatic carbocycles. The quantitative estimate of drug-likeness (QED) is 0.546. The number of carbonyl (C=O) groups excluding carboxylic acids is 2. The van der Waals surface area contributed by atoms with Gasteiger partial charge in [-0.1, -0.05) is 18.2 Å². The van der Waals surface area contributed by atoms with E-state index in [4.69, 9.17) is 9.47 Å². The van der Waals surface area contributed by atoms with E-state index < -0.39 is 0 Å². The van der Waals surface area contributed by atoms with Gasteiger partial charge in [0.05, 0.1) is 17.6 Å². The van der Waals surface area contributed by atoms with Crippen molar-refractivity contribution in [3.05, 3.63) is 72.1 Å². The Kier molecular flexibility index (Phi) is 4.63. The van der Waals surface area contributed by atoms with Crippen LogP contribution in [0.5, 0.6) is 11.5 Å². The minimum absolute atomic E-state index is 0.0926. The first-order valence-corrected chi connectivity index (χ1v) is 8.64. The molecule has 0 bridgehead atoms. The molecule has 28 heavy (non-hydrogen) atoms. The third kappa shape index (κ3) is 3.64. The van der Waals surface area contributed by atoms with Crippen LogP contribution < -0.4 is 14.8 Å². The van der Waals surface area contributed by atoms with Crippen LogP contribution in [0.4, 0.5) is 5.69 Å². The number of nitrogens with one attached hydrogen (secondary N) is 1. The second kappa shape index (κ2) is 7.40. The number of hydrogen-bond acceptors (Lipinski definition) is 5. The maximum Gasteiger partial charge on any atom is 0.248 e. The van der Waals surface area contributed by atoms with Crippen LogP contribution in [0.25, 0.3) is 11.8 Å². The summed E-state index contributed by atoms with van der Waals surface area (Å²) in [7, 11) is 0. The molecule has 1 N–H and O–H groups in total. The van der Waals surface area contributed by atoms with Crippen molar-refractivity contribution in [1.82, 2.24) is 9.78 Å². The molecule has 1 aliphatic heterocycles. The predicted octanol–water partition coefficient (Wildman–Crippen LogP) is 3.46. The number of rotatable bonds is 5. The highest BCUT2D eigenvalue weighted by Crippen LogP contribution is 2.37. The van der Waals surface area contributed by atoms with Crippen LogP contribution in [-0.2, 0) is 4.79 Å². The van der Waals surface area contributed by atoms with Crippen LogP contribution >= 0.6 is 0 Å². The van der Waals surface area contributed by atoms with Crippen molar-refractivity contribution < 1.29 is 19.1 Å². The topological polar surface area (TPSA) is 82.5 Å². The second-order valence-corrected chi connectivity index (χ2v) is 6.18. The van der Waals surface area contributed by atoms with E-state index in [1.165, 1.54) is 13.0 Å². The summed E-state index contributed by atoms with van der Waals surface area (Å²) in [5.74, 6) is 0.441. The van der Waals surface area contributed by atoms with E-state index in [1.54, 1.807) is 29.1 Å². The Bertz CT molecular complexity index is 1070. The van der Waals surface area contributed by atoms with Crippen LogP contribution in [0.2, 0.25) is 0 Å². The van der Waals surface area contributed by atoms with Crippen molar-refractivity contribution in [3.63, 3.8) is 0 Å². The number of nitrogens with zero attached hydrogens (tertiary/aromatic N) is 2. The van der Waals surface area contributed by atoms with Gasteiger partial charge in [-0.15, -0.1) is 0 Å². The molecule has 0 spiro atoms. The van der Waals surface area contributed by atoms with Crippen molar-refractivity contribution in [2.24, 2.45) is 0 Å². The first-order valence-electron chi connectivity index (χ1n) is 8.64. The van der Waals surface area contributed by atoms with Crippen molar-refractivity contribution in [1.29, 1.82) is 0 Å². The molecule has 140 valence electrons. The monoisotopic (exact) mass is 375 g/mol. The maximum atomic E-state index is 12.3. The standard InChI is InChI=1S/C21H17N3O4/c1-14(25)17-9-19-20(28-13-27-19)10-18(17)23-21(26)8-7-15-11-22-24(12-15)16-5-3-2-4-6-16/h2-12H,13H2,1H3,(H,23,26)/b8-7+. The predicted molar refractivity (Wildman–Crippen MR) is 104 cm³/mol. The van der Waals surface area contributed by atoms with E-state index in [0.29, 0.717) is 22.7 Å². The molecule has 7 nitrogen and oxygen atoms in total. The summed E-state index contributed by atoms with van der Waals surface area (Å²) in [4.78, 5) is 24.2. The number of hydrogen-bond donors (Lipinski definition) is 1. The van der Waals surface area contributed by atoms with Gasteiger partial charge < -0.3 is 14.8 Å². The van der Waals surface area contributed by atoms with Crippen LogP contribution in [-0.4, -0.2) is 28.3 Å². The summed E-state index contributed by atoms with van der Waals surface area (Å²) < 4.78 is 12.3. The lowest BCUT2D eigenvalue weighted by Gasteiger charge is -2.09. The SMILES string of the molecule is CC(=O)c1cc2c(cc1NC(=O)/C=C/c1cnn(-c3ccccc3)c1)OCO2. The number of carbonyl (C=O) groups is 2. The van der Waals surface area contributed by atoms with Crippen molar-refractivity contribution in [3.8, 4) is 17.2 Å². The molecule has 7 heteroatoms. The van der Waals surface area contributed by atoms with Gasteiger partial charge in [-0.05, 0) is 31.2 Å². The molecule has 0 unspecified atom stereocenters. The molecule has 0 radical (unpaired) electrons. The molecule has 0 saturated heterocycles. The number of amides is 1. The van der Waals surface area contributed by atoms with E-state index in [0.717, 1.165) is 11.3 Å². The molecule has 2 aromatic carbocycles. The first kappa shape index (κ1) is 17.5. The van der Waals surface area contributed by atoms with E-state index in [9.17, 15) is 9.59 Å². The van der Waals surface area contributed by atoms with Crippen molar-refractivity contribution in [2.75, 3.05) is 12.1 Å². The minimum Gasteiger partial charge on any atom is -0.454 e. The Morgan fingerprint density at radius 2 is 1.89 bits per heavy atom. The summed E-state index contributed by atoms with van der Waals surface area (Å²) in [6, 6.07) is 12.8. The summed E-state index contributed by atoms with van der Waals surface area (Å²) in [5.41, 5.74) is 2.45. The van der Waals surface area contributed by atoms with Crippen LogP contribution in [0.1, 0.15) is 22.8 Å². The molecule has 4 rings (SSSR count). The first-order chi connectivity index (χ1) is 13.6. The average Bonchev–Trinajstić information content (AvgIpc) is 3.35. The Morgan fingerprint density at radius 3 is 2.64 bits per heavy atom. The van der Waals surface area contributed by atoms with Crippen molar-refractivity contribution in [2.45, 2.75) is 6.92 Å². The fraction of sp³-hybridized carbons (Fsp3) is 0.0952. The number of aromatic nitrogens is 2. The van der Waals surface area contributed by atoms with Gasteiger partial charge in [-0.2, -0.15) is 5.10 Å². The maximum absolute atomic E-state index is 12.3. The zero-order valence-corrected chi connectivity index (χ0v) is 15.1. The van der Waals surface area contributed by atoms with E-state index >= 15 is 0 Å². The van der Waals surface area contributed by atoms with Gasteiger partial charge in [0, 0.05) is 29.5 Å². The number of Topliss-reactive ketones (excluding diaryl/α,β-unsaturated/α-hetero) is 1. The number of ether oxygens (including phenoxy) is 2. The molecule has 1 aromatic heterocycles. The van der Waals surface area contributed by atoms with Gasteiger partial charge >= 0.3 is 0 Å². The number of ketones is 1. The third-order valence-corrected chi connectivity index (χ3v) is 4.20. The van der Waals surface area contributed by atoms with Gasteiger partial charge in [-0.3, -0.25) is 9.59 Å². The van der Waals surface area contributed by atoms with Crippen LogP contribution in [0.3, 0.4) is 0 Å². The zero-order chi connectivity index (χ0) is 19.5. The molecule has 1 amide bonds. The Labute approximate surface area is 161 Å². The highest BCUT2D eigenvalue weighted by atomic mass is 16.7. The number of fused-ring (bicyclic) bond motifs is 1. The third-order valence-electron chi connectivity index (χ3n) is 4.20. The van der Waals surface area contributed by atoms with Crippen LogP contribution in [0.15, 0.2) is 60.9 Å². The summed E-state index contributed by atoms with van der Waals surface area (Å²) in [6.07, 6.45) is 6.53. The average molecular weight is 375 g/mol. The lowest BCUT2D eigenvalue weighted by molar-refractivity contribution is -0.111. The van der Waals surface area contributed by atoms with Gasteiger partial charge in [-0.25, -0.2) is 4.68 Å². The van der Waals surface area contributed by atoms with E-state index in [1.807, 2.05) is 36.5 Å². The zero-order valence-electron chi connectivity index (χ0n) is 15.1. The Morgan fingerprint density at radius 1 is 1.14 bits per heavy atom. The summed E-state index contributed by atoms with van der Waals surface area (Å²) >= 11 is 0. The second-order valence-electron chi connectivity index (χ2n) is 6.18. The van der Waals surface area contributed by atoms with Gasteiger partial charge in [0.1, 0.15) is 0 Å². The van der Waals surface area contributed by atoms with Crippen LogP contribution in [0, 0.1) is 0 Å². The molecule has 2 heterocycles. The van der Waals surface area contributed by atoms with Gasteiger partial charge in [0.25, 0.3) is 0 Å². The number of para-hydroxylation sites is 1. The van der Waals surface area contributed by atoms with E-state index in [2.05, 4.69) is 10.4 Å². The number of benzene rings is 2. The number of anilines is 1. The van der Waals surface area contributed by atoms with Crippen molar-refractivity contribution >= 4 is 23.5 Å². The fourth-order valence-corrected chi connectivity index (χ4v) is 2.83. The normalized spacial score (nSPS) is 12.3. The molecule has 3 aromatic rings. The van der Waals surface area contributed by atoms with Gasteiger partial charge in [0.15, 0.2) is 17.3 Å².